The van der Waals surface area contributed by atoms with Crippen molar-refractivity contribution in [3.05, 3.63) is 0 Å². The third-order valence-corrected chi connectivity index (χ3v) is 5.81. The molecule has 9 N–H and O–H groups in total. The van der Waals surface area contributed by atoms with Gasteiger partial charge in [0.2, 0.25) is 29.5 Å². The van der Waals surface area contributed by atoms with Crippen molar-refractivity contribution < 1.29 is 38.9 Å². The van der Waals surface area contributed by atoms with E-state index >= 15 is 0 Å². The summed E-state index contributed by atoms with van der Waals surface area (Å²) in [6.45, 7) is 4.40. The minimum Gasteiger partial charge on any atom is -0.390 e. The van der Waals surface area contributed by atoms with Crippen molar-refractivity contribution in [3.8, 4) is 0 Å². The summed E-state index contributed by atoms with van der Waals surface area (Å²) in [6.07, 6.45) is -1.62. The van der Waals surface area contributed by atoms with E-state index in [1.54, 1.807) is 20.9 Å². The summed E-state index contributed by atoms with van der Waals surface area (Å²) >= 11 is 0. The minimum absolute atomic E-state index is 0.00930. The summed E-state index contributed by atoms with van der Waals surface area (Å²) in [5.74, 6) is -2.81. The lowest BCUT2D eigenvalue weighted by molar-refractivity contribution is -0.133. The summed E-state index contributed by atoms with van der Waals surface area (Å²) in [4.78, 5) is 60.4. The van der Waals surface area contributed by atoms with Crippen molar-refractivity contribution in [2.75, 3.05) is 20.3 Å². The van der Waals surface area contributed by atoms with Gasteiger partial charge in [0.25, 0.3) is 0 Å². The molecular weight excluding hydrogens is 476 g/mol. The van der Waals surface area contributed by atoms with Gasteiger partial charge in [-0.1, -0.05) is 13.8 Å². The van der Waals surface area contributed by atoms with E-state index in [1.807, 2.05) is 0 Å². The fourth-order valence-corrected chi connectivity index (χ4v) is 3.73. The summed E-state index contributed by atoms with van der Waals surface area (Å²) < 4.78 is 5.55. The highest BCUT2D eigenvalue weighted by Gasteiger charge is 2.35. The van der Waals surface area contributed by atoms with Gasteiger partial charge in [0, 0.05) is 19.4 Å². The van der Waals surface area contributed by atoms with Crippen LogP contribution in [-0.4, -0.2) is 96.5 Å². The molecule has 0 aromatic rings. The number of amides is 5. The quantitative estimate of drug-likeness (QED) is 0.101. The molecule has 1 rings (SSSR count). The van der Waals surface area contributed by atoms with Gasteiger partial charge in [0.1, 0.15) is 24.9 Å². The van der Waals surface area contributed by atoms with Gasteiger partial charge in [0.05, 0.1) is 24.7 Å². The van der Waals surface area contributed by atoms with Crippen LogP contribution in [0.3, 0.4) is 0 Å². The Morgan fingerprint density at radius 2 is 1.69 bits per heavy atom. The number of carbonyl (C=O) groups excluding carboxylic acids is 5. The van der Waals surface area contributed by atoms with Gasteiger partial charge in [-0.05, 0) is 26.3 Å². The molecule has 0 bridgehead atoms. The van der Waals surface area contributed by atoms with Crippen molar-refractivity contribution in [2.45, 2.75) is 82.9 Å². The SMILES string of the molecule is CN[C@@H](CCC(=O)NC[C@@H]1O[C@H](CC(N)=O)C[C@H]1O)C(=O)N[C@H](C(=O)N[C@@H](C)C(=O)NCO)C(C)C. The molecule has 0 spiro atoms. The molecule has 1 saturated heterocycles. The lowest BCUT2D eigenvalue weighted by Gasteiger charge is -2.26. The van der Waals surface area contributed by atoms with Gasteiger partial charge in [-0.25, -0.2) is 0 Å². The Bertz CT molecular complexity index is 780. The lowest BCUT2D eigenvalue weighted by Crippen LogP contribution is -2.57. The molecule has 0 aromatic heterocycles. The molecule has 14 heteroatoms. The third kappa shape index (κ3) is 10.4. The molecule has 206 valence electrons. The lowest BCUT2D eigenvalue weighted by atomic mass is 10.0. The molecule has 1 fully saturated rings. The maximum atomic E-state index is 12.8. The highest BCUT2D eigenvalue weighted by atomic mass is 16.5. The summed E-state index contributed by atoms with van der Waals surface area (Å²) in [5.41, 5.74) is 5.14. The molecule has 14 nitrogen and oxygen atoms in total. The summed E-state index contributed by atoms with van der Waals surface area (Å²) in [6, 6.07) is -2.62. The number of likely N-dealkylation sites (N-methyl/N-ethyl adjacent to an activating group) is 1. The first-order valence-electron chi connectivity index (χ1n) is 11.9. The molecule has 0 radical (unpaired) electrons. The Labute approximate surface area is 210 Å². The molecule has 1 heterocycles. The van der Waals surface area contributed by atoms with E-state index in [2.05, 4.69) is 26.6 Å². The van der Waals surface area contributed by atoms with Crippen LogP contribution in [0.4, 0.5) is 0 Å². The zero-order chi connectivity index (χ0) is 27.4. The number of rotatable bonds is 15. The Balaban J connectivity index is 2.55. The standard InChI is InChI=1S/C22H40N6O8/c1-11(2)19(22(35)27-12(3)20(33)26-10-29)28-21(34)14(24-4)5-6-18(32)25-9-16-15(30)7-13(36-16)8-17(23)31/h11-16,19,24,29-30H,5-10H2,1-4H3,(H2,23,31)(H,25,32)(H,26,33)(H,27,35)(H,28,34)/t12-,13-,14-,15+,16-,19-/m0/s1. The number of ether oxygens (including phenoxy) is 1. The average Bonchev–Trinajstić information content (AvgIpc) is 3.14. The van der Waals surface area contributed by atoms with Gasteiger partial charge >= 0.3 is 0 Å². The number of hydrogen-bond acceptors (Lipinski definition) is 9. The van der Waals surface area contributed by atoms with Crippen molar-refractivity contribution in [1.82, 2.24) is 26.6 Å². The topological polar surface area (TPSA) is 221 Å². The van der Waals surface area contributed by atoms with Crippen LogP contribution in [0, 0.1) is 5.92 Å². The second-order valence-electron chi connectivity index (χ2n) is 9.11. The van der Waals surface area contributed by atoms with Crippen LogP contribution in [0.15, 0.2) is 0 Å². The fourth-order valence-electron chi connectivity index (χ4n) is 3.73. The maximum absolute atomic E-state index is 12.8. The smallest absolute Gasteiger partial charge is 0.244 e. The van der Waals surface area contributed by atoms with Crippen LogP contribution >= 0.6 is 0 Å². The Morgan fingerprint density at radius 1 is 1.03 bits per heavy atom. The van der Waals surface area contributed by atoms with Gasteiger partial charge in [-0.15, -0.1) is 0 Å². The van der Waals surface area contributed by atoms with Crippen molar-refractivity contribution >= 4 is 29.5 Å². The molecule has 0 aliphatic carbocycles. The second-order valence-corrected chi connectivity index (χ2v) is 9.11. The number of carbonyl (C=O) groups is 5. The monoisotopic (exact) mass is 516 g/mol. The highest BCUT2D eigenvalue weighted by Crippen LogP contribution is 2.22. The molecule has 1 aliphatic heterocycles. The number of primary amides is 1. The number of aliphatic hydroxyl groups excluding tert-OH is 2. The zero-order valence-electron chi connectivity index (χ0n) is 21.2. The van der Waals surface area contributed by atoms with Crippen LogP contribution in [0.5, 0.6) is 0 Å². The Kier molecular flexibility index (Phi) is 13.3. The third-order valence-electron chi connectivity index (χ3n) is 5.81. The number of hydrogen-bond donors (Lipinski definition) is 8. The van der Waals surface area contributed by atoms with Gasteiger partial charge in [-0.3, -0.25) is 24.0 Å². The van der Waals surface area contributed by atoms with Gasteiger partial charge in [-0.2, -0.15) is 0 Å². The van der Waals surface area contributed by atoms with Gasteiger partial charge in [0.15, 0.2) is 0 Å². The van der Waals surface area contributed by atoms with Crippen molar-refractivity contribution in [1.29, 1.82) is 0 Å². The highest BCUT2D eigenvalue weighted by molar-refractivity contribution is 5.93. The van der Waals surface area contributed by atoms with E-state index in [0.29, 0.717) is 0 Å². The van der Waals surface area contributed by atoms with Crippen molar-refractivity contribution in [2.24, 2.45) is 11.7 Å². The molecule has 1 aliphatic rings. The molecule has 6 atom stereocenters. The Morgan fingerprint density at radius 3 is 2.25 bits per heavy atom. The molecule has 36 heavy (non-hydrogen) atoms. The Hall–Kier alpha value is -2.81. The summed E-state index contributed by atoms with van der Waals surface area (Å²) in [5, 5.41) is 31.6. The minimum atomic E-state index is -0.930. The fraction of sp³-hybridized carbons (Fsp3) is 0.773. The van der Waals surface area contributed by atoms with E-state index in [9.17, 15) is 29.1 Å². The van der Waals surface area contributed by atoms with E-state index < -0.39 is 66.8 Å². The van der Waals surface area contributed by atoms with E-state index in [0.717, 1.165) is 0 Å². The van der Waals surface area contributed by atoms with Crippen LogP contribution in [0.2, 0.25) is 0 Å². The first-order chi connectivity index (χ1) is 16.9. The molecule has 0 unspecified atom stereocenters. The van der Waals surface area contributed by atoms with Gasteiger partial charge < -0.3 is 47.3 Å². The average molecular weight is 517 g/mol. The van der Waals surface area contributed by atoms with Crippen LogP contribution in [-0.2, 0) is 28.7 Å². The summed E-state index contributed by atoms with van der Waals surface area (Å²) in [7, 11) is 1.55. The van der Waals surface area contributed by atoms with Crippen LogP contribution in [0.25, 0.3) is 0 Å². The van der Waals surface area contributed by atoms with Crippen LogP contribution in [0.1, 0.15) is 46.5 Å². The normalized spacial score (nSPS) is 21.8. The van der Waals surface area contributed by atoms with Crippen LogP contribution < -0.4 is 32.3 Å². The largest absolute Gasteiger partial charge is 0.390 e. The first kappa shape index (κ1) is 31.2. The van der Waals surface area contributed by atoms with E-state index in [1.165, 1.54) is 6.92 Å². The molecular formula is C22H40N6O8. The predicted molar refractivity (Wildman–Crippen MR) is 128 cm³/mol. The maximum Gasteiger partial charge on any atom is 0.244 e. The zero-order valence-corrected chi connectivity index (χ0v) is 21.2. The molecule has 5 amide bonds. The number of nitrogens with two attached hydrogens (primary N) is 1. The first-order valence-corrected chi connectivity index (χ1v) is 11.9. The van der Waals surface area contributed by atoms with E-state index in [4.69, 9.17) is 15.6 Å². The second kappa shape index (κ2) is 15.3. The molecule has 0 aromatic carbocycles. The molecule has 0 saturated carbocycles. The van der Waals surface area contributed by atoms with E-state index in [-0.39, 0.29) is 44.1 Å². The number of nitrogens with one attached hydrogen (secondary N) is 5. The van der Waals surface area contributed by atoms with Crippen molar-refractivity contribution in [3.63, 3.8) is 0 Å². The number of aliphatic hydroxyl groups is 2. The predicted octanol–water partition coefficient (Wildman–Crippen LogP) is -3.42.